The Balaban J connectivity index is 2.50. The summed E-state index contributed by atoms with van der Waals surface area (Å²) in [4.78, 5) is 25.5. The number of fused-ring (bicyclic) bond motifs is 1. The first-order valence-electron chi connectivity index (χ1n) is 7.81. The van der Waals surface area contributed by atoms with Gasteiger partial charge in [0.2, 0.25) is 0 Å². The Labute approximate surface area is 140 Å². The molecule has 0 N–H and O–H groups in total. The summed E-state index contributed by atoms with van der Waals surface area (Å²) in [6, 6.07) is 0. The number of carbonyl (C=O) groups is 2. The van der Waals surface area contributed by atoms with Gasteiger partial charge in [0.15, 0.2) is 5.78 Å². The molecular weight excluding hydrogens is 316 g/mol. The van der Waals surface area contributed by atoms with Gasteiger partial charge >= 0.3 is 5.97 Å². The van der Waals surface area contributed by atoms with E-state index in [1.807, 2.05) is 6.92 Å². The molecule has 0 spiro atoms. The zero-order valence-corrected chi connectivity index (χ0v) is 15.6. The number of rotatable bonds is 5. The topological polar surface area (TPSA) is 43.4 Å². The lowest BCUT2D eigenvalue weighted by atomic mass is 9.74. The maximum Gasteiger partial charge on any atom is 0.348 e. The highest BCUT2D eigenvalue weighted by Gasteiger charge is 2.38. The summed E-state index contributed by atoms with van der Waals surface area (Å²) in [7, 11) is 0. The van der Waals surface area contributed by atoms with Gasteiger partial charge in [0.1, 0.15) is 4.88 Å². The molecule has 0 radical (unpaired) electrons. The molecule has 1 aliphatic carbocycles. The molecule has 1 heterocycles. The van der Waals surface area contributed by atoms with Gasteiger partial charge in [0.05, 0.1) is 10.8 Å². The molecule has 0 bridgehead atoms. The number of thioether (sulfide) groups is 1. The van der Waals surface area contributed by atoms with Crippen LogP contribution in [0.1, 0.15) is 73.1 Å². The van der Waals surface area contributed by atoms with Gasteiger partial charge in [0, 0.05) is 17.2 Å². The van der Waals surface area contributed by atoms with Crippen molar-refractivity contribution in [2.75, 3.05) is 6.61 Å². The predicted molar refractivity (Wildman–Crippen MR) is 92.3 cm³/mol. The SMILES string of the molecule is CCOC(=O)c1sc(SC(C)CC)c2c1CC(C)(C)CC2=O. The van der Waals surface area contributed by atoms with Crippen LogP contribution >= 0.6 is 23.1 Å². The molecule has 1 unspecified atom stereocenters. The van der Waals surface area contributed by atoms with E-state index in [2.05, 4.69) is 27.7 Å². The molecule has 0 saturated heterocycles. The van der Waals surface area contributed by atoms with E-state index in [4.69, 9.17) is 4.74 Å². The van der Waals surface area contributed by atoms with E-state index in [0.717, 1.165) is 28.2 Å². The maximum absolute atomic E-state index is 12.6. The van der Waals surface area contributed by atoms with Crippen molar-refractivity contribution in [1.82, 2.24) is 0 Å². The van der Waals surface area contributed by atoms with Gasteiger partial charge in [-0.2, -0.15) is 0 Å². The molecule has 1 aromatic heterocycles. The van der Waals surface area contributed by atoms with E-state index >= 15 is 0 Å². The smallest absolute Gasteiger partial charge is 0.348 e. The Morgan fingerprint density at radius 2 is 2.05 bits per heavy atom. The van der Waals surface area contributed by atoms with Crippen LogP contribution < -0.4 is 0 Å². The largest absolute Gasteiger partial charge is 0.462 e. The molecule has 3 nitrogen and oxygen atoms in total. The van der Waals surface area contributed by atoms with Crippen LogP contribution in [-0.2, 0) is 11.2 Å². The van der Waals surface area contributed by atoms with Gasteiger partial charge in [-0.1, -0.05) is 27.7 Å². The van der Waals surface area contributed by atoms with Crippen LogP contribution in [0.3, 0.4) is 0 Å². The molecule has 1 atom stereocenters. The Kier molecular flexibility index (Phi) is 5.38. The fourth-order valence-electron chi connectivity index (χ4n) is 2.67. The Hall–Kier alpha value is -0.810. The van der Waals surface area contributed by atoms with Crippen LogP contribution in [0.2, 0.25) is 0 Å². The van der Waals surface area contributed by atoms with Crippen LogP contribution in [0.4, 0.5) is 0 Å². The molecule has 122 valence electrons. The summed E-state index contributed by atoms with van der Waals surface area (Å²) in [5.74, 6) is -0.117. The minimum absolute atomic E-state index is 0.0925. The van der Waals surface area contributed by atoms with Crippen molar-refractivity contribution in [2.24, 2.45) is 5.41 Å². The molecule has 1 aliphatic rings. The van der Waals surface area contributed by atoms with Gasteiger partial charge in [-0.05, 0) is 30.7 Å². The fourth-order valence-corrected chi connectivity index (χ4v) is 5.45. The summed E-state index contributed by atoms with van der Waals surface area (Å²) in [5.41, 5.74) is 1.61. The summed E-state index contributed by atoms with van der Waals surface area (Å²) in [6.45, 7) is 10.6. The fraction of sp³-hybridized carbons (Fsp3) is 0.647. The normalized spacial score (nSPS) is 18.0. The van der Waals surface area contributed by atoms with Crippen molar-refractivity contribution in [3.05, 3.63) is 16.0 Å². The zero-order valence-electron chi connectivity index (χ0n) is 13.9. The summed E-state index contributed by atoms with van der Waals surface area (Å²) in [6.07, 6.45) is 2.35. The van der Waals surface area contributed by atoms with Crippen molar-refractivity contribution >= 4 is 34.9 Å². The van der Waals surface area contributed by atoms with Crippen molar-refractivity contribution in [2.45, 2.75) is 63.3 Å². The Morgan fingerprint density at radius 1 is 1.36 bits per heavy atom. The van der Waals surface area contributed by atoms with Crippen LogP contribution in [0.5, 0.6) is 0 Å². The third-order valence-electron chi connectivity index (χ3n) is 3.89. The zero-order chi connectivity index (χ0) is 16.5. The third-order valence-corrected chi connectivity index (χ3v) is 6.59. The van der Waals surface area contributed by atoms with Crippen LogP contribution in [0.15, 0.2) is 4.21 Å². The standard InChI is InChI=1S/C17H24O3S2/c1-6-10(3)21-16-13-11(8-17(4,5)9-12(13)18)14(22-16)15(19)20-7-2/h10H,6-9H2,1-5H3. The molecule has 0 amide bonds. The number of Topliss-reactive ketones (excluding diaryl/α,β-unsaturated/α-hetero) is 1. The van der Waals surface area contributed by atoms with E-state index in [0.29, 0.717) is 23.2 Å². The summed E-state index contributed by atoms with van der Waals surface area (Å²) < 4.78 is 6.19. The highest BCUT2D eigenvalue weighted by Crippen LogP contribution is 2.46. The Morgan fingerprint density at radius 3 is 2.64 bits per heavy atom. The number of carbonyl (C=O) groups excluding carboxylic acids is 2. The minimum atomic E-state index is -0.287. The van der Waals surface area contributed by atoms with E-state index in [1.165, 1.54) is 11.3 Å². The highest BCUT2D eigenvalue weighted by molar-refractivity contribution is 8.01. The lowest BCUT2D eigenvalue weighted by Gasteiger charge is -2.29. The third kappa shape index (κ3) is 3.57. The summed E-state index contributed by atoms with van der Waals surface area (Å²) >= 11 is 3.15. The molecule has 0 aliphatic heterocycles. The van der Waals surface area contributed by atoms with Crippen LogP contribution in [0, 0.1) is 5.41 Å². The monoisotopic (exact) mass is 340 g/mol. The van der Waals surface area contributed by atoms with Crippen molar-refractivity contribution in [3.63, 3.8) is 0 Å². The number of hydrogen-bond acceptors (Lipinski definition) is 5. The molecule has 0 fully saturated rings. The molecule has 0 aromatic carbocycles. The predicted octanol–water partition coefficient (Wildman–Crippen LogP) is 4.97. The second-order valence-electron chi connectivity index (χ2n) is 6.57. The molecule has 2 rings (SSSR count). The van der Waals surface area contributed by atoms with Gasteiger partial charge in [-0.25, -0.2) is 4.79 Å². The number of hydrogen-bond donors (Lipinski definition) is 0. The van der Waals surface area contributed by atoms with Crippen molar-refractivity contribution < 1.29 is 14.3 Å². The second-order valence-corrected chi connectivity index (χ2v) is 9.30. The van der Waals surface area contributed by atoms with E-state index < -0.39 is 0 Å². The quantitative estimate of drug-likeness (QED) is 0.560. The average molecular weight is 341 g/mol. The molecular formula is C17H24O3S2. The average Bonchev–Trinajstić information content (AvgIpc) is 2.76. The van der Waals surface area contributed by atoms with Gasteiger partial charge in [0.25, 0.3) is 0 Å². The minimum Gasteiger partial charge on any atom is -0.462 e. The van der Waals surface area contributed by atoms with Gasteiger partial charge < -0.3 is 4.74 Å². The molecule has 22 heavy (non-hydrogen) atoms. The highest BCUT2D eigenvalue weighted by atomic mass is 32.2. The van der Waals surface area contributed by atoms with E-state index in [9.17, 15) is 9.59 Å². The maximum atomic E-state index is 12.6. The lowest BCUT2D eigenvalue weighted by molar-refractivity contribution is 0.0530. The molecule has 1 aromatic rings. The van der Waals surface area contributed by atoms with E-state index in [-0.39, 0.29) is 17.2 Å². The van der Waals surface area contributed by atoms with Gasteiger partial charge in [-0.15, -0.1) is 23.1 Å². The lowest BCUT2D eigenvalue weighted by Crippen LogP contribution is -2.27. The second kappa shape index (κ2) is 6.75. The number of thiophene rings is 1. The van der Waals surface area contributed by atoms with Crippen LogP contribution in [0.25, 0.3) is 0 Å². The Bertz CT molecular complexity index is 587. The van der Waals surface area contributed by atoms with Gasteiger partial charge in [-0.3, -0.25) is 4.79 Å². The van der Waals surface area contributed by atoms with Crippen LogP contribution in [-0.4, -0.2) is 23.6 Å². The molecule has 5 heteroatoms. The number of esters is 1. The first-order valence-corrected chi connectivity index (χ1v) is 9.51. The van der Waals surface area contributed by atoms with E-state index in [1.54, 1.807) is 11.8 Å². The van der Waals surface area contributed by atoms with Crippen molar-refractivity contribution in [1.29, 1.82) is 0 Å². The van der Waals surface area contributed by atoms with Crippen molar-refractivity contribution in [3.8, 4) is 0 Å². The summed E-state index contributed by atoms with van der Waals surface area (Å²) in [5, 5.41) is 0.431. The number of ether oxygens (including phenoxy) is 1. The number of ketones is 1. The first-order chi connectivity index (χ1) is 10.3. The first kappa shape index (κ1) is 17.5. The molecule has 0 saturated carbocycles.